The van der Waals surface area contributed by atoms with Crippen molar-refractivity contribution < 1.29 is 4.79 Å². The molecule has 0 heterocycles. The van der Waals surface area contributed by atoms with Crippen molar-refractivity contribution in [1.82, 2.24) is 5.32 Å². The number of nitrogen functional groups attached to an aromatic ring is 1. The number of carbonyl (C=O) groups excluding carboxylic acids is 1. The van der Waals surface area contributed by atoms with Crippen LogP contribution in [0, 0.1) is 11.3 Å². The molecule has 1 amide bonds. The number of amides is 1. The summed E-state index contributed by atoms with van der Waals surface area (Å²) in [5.41, 5.74) is 6.88. The van der Waals surface area contributed by atoms with Gasteiger partial charge in [-0.1, -0.05) is 69.4 Å². The van der Waals surface area contributed by atoms with Gasteiger partial charge in [0, 0.05) is 17.9 Å². The number of halogens is 1. The first-order valence-corrected chi connectivity index (χ1v) is 10.7. The summed E-state index contributed by atoms with van der Waals surface area (Å²) in [4.78, 5) is 12.6. The number of rotatable bonds is 4. The Morgan fingerprint density at radius 1 is 1.07 bits per heavy atom. The molecule has 0 unspecified atom stereocenters. The van der Waals surface area contributed by atoms with Gasteiger partial charge in [0.1, 0.15) is 11.6 Å². The lowest BCUT2D eigenvalue weighted by atomic mass is 9.98. The number of nitrogens with two attached hydrogens (primary N) is 1. The quantitative estimate of drug-likeness (QED) is 0.350. The largest absolute Gasteiger partial charge is 0.399 e. The van der Waals surface area contributed by atoms with Crippen LogP contribution in [0.1, 0.15) is 70.6 Å². The lowest BCUT2D eigenvalue weighted by Crippen LogP contribution is -2.35. The van der Waals surface area contributed by atoms with Crippen molar-refractivity contribution in [3.05, 3.63) is 35.0 Å². The second kappa shape index (κ2) is 12.3. The number of nitriles is 1. The summed E-state index contributed by atoms with van der Waals surface area (Å²) in [5.74, 6) is -0.335. The third kappa shape index (κ3) is 7.82. The second-order valence-corrected chi connectivity index (χ2v) is 7.89. The van der Waals surface area contributed by atoms with Gasteiger partial charge in [-0.05, 0) is 31.0 Å². The van der Waals surface area contributed by atoms with E-state index in [9.17, 15) is 10.1 Å². The zero-order valence-electron chi connectivity index (χ0n) is 16.5. The fraction of sp³-hybridized carbons (Fsp3) is 0.545. The van der Waals surface area contributed by atoms with E-state index in [0.717, 1.165) is 25.7 Å². The molecule has 0 aromatic heterocycles. The van der Waals surface area contributed by atoms with Gasteiger partial charge in [0.05, 0.1) is 10.7 Å². The van der Waals surface area contributed by atoms with Crippen LogP contribution >= 0.6 is 11.6 Å². The van der Waals surface area contributed by atoms with Gasteiger partial charge in [-0.25, -0.2) is 0 Å². The molecule has 1 aliphatic rings. The number of benzene rings is 1. The standard InChI is InChI=1S/C22H31ClN4O/c23-20-14-18(25)12-13-21(20)26-16-17(15-24)22(28)27-19-10-8-6-4-2-1-3-5-7-9-11-19/h12-14,16,19,26H,1-11,25H2,(H,27,28)/b17-16-. The Balaban J connectivity index is 1.94. The zero-order chi connectivity index (χ0) is 20.2. The van der Waals surface area contributed by atoms with E-state index < -0.39 is 0 Å². The van der Waals surface area contributed by atoms with Crippen LogP contribution < -0.4 is 16.4 Å². The van der Waals surface area contributed by atoms with Gasteiger partial charge >= 0.3 is 0 Å². The Hall–Kier alpha value is -2.19. The first-order chi connectivity index (χ1) is 13.6. The molecule has 0 saturated heterocycles. The van der Waals surface area contributed by atoms with Crippen molar-refractivity contribution >= 4 is 28.9 Å². The van der Waals surface area contributed by atoms with Crippen LogP contribution in [0.3, 0.4) is 0 Å². The molecule has 0 bridgehead atoms. The predicted molar refractivity (Wildman–Crippen MR) is 116 cm³/mol. The molecule has 6 heteroatoms. The number of carbonyl (C=O) groups is 1. The fourth-order valence-electron chi connectivity index (χ4n) is 3.52. The molecule has 0 atom stereocenters. The molecule has 1 aromatic rings. The van der Waals surface area contributed by atoms with Crippen LogP contribution in [0.15, 0.2) is 30.0 Å². The number of hydrogen-bond donors (Lipinski definition) is 3. The Bertz CT molecular complexity index is 699. The Morgan fingerprint density at radius 2 is 1.64 bits per heavy atom. The molecule has 1 saturated carbocycles. The minimum atomic E-state index is -0.335. The highest BCUT2D eigenvalue weighted by molar-refractivity contribution is 6.33. The van der Waals surface area contributed by atoms with Crippen molar-refractivity contribution in [2.45, 2.75) is 76.7 Å². The summed E-state index contributed by atoms with van der Waals surface area (Å²) in [6, 6.07) is 7.15. The van der Waals surface area contributed by atoms with Gasteiger partial charge in [-0.15, -0.1) is 0 Å². The predicted octanol–water partition coefficient (Wildman–Crippen LogP) is 5.53. The summed E-state index contributed by atoms with van der Waals surface area (Å²) >= 11 is 6.12. The topological polar surface area (TPSA) is 90.9 Å². The first kappa shape index (κ1) is 22.1. The zero-order valence-corrected chi connectivity index (χ0v) is 17.2. The third-order valence-corrected chi connectivity index (χ3v) is 5.48. The van der Waals surface area contributed by atoms with Gasteiger partial charge < -0.3 is 16.4 Å². The molecular formula is C22H31ClN4O. The van der Waals surface area contributed by atoms with Crippen LogP contribution in [0.2, 0.25) is 5.02 Å². The van der Waals surface area contributed by atoms with E-state index in [2.05, 4.69) is 10.6 Å². The normalized spacial score (nSPS) is 17.6. The molecule has 28 heavy (non-hydrogen) atoms. The number of anilines is 2. The minimum absolute atomic E-state index is 0.0407. The van der Waals surface area contributed by atoms with Crippen molar-refractivity contribution in [2.75, 3.05) is 11.1 Å². The molecule has 1 fully saturated rings. The monoisotopic (exact) mass is 402 g/mol. The molecule has 0 aliphatic heterocycles. The van der Waals surface area contributed by atoms with Crippen molar-refractivity contribution in [2.24, 2.45) is 0 Å². The van der Waals surface area contributed by atoms with E-state index in [1.165, 1.54) is 51.1 Å². The van der Waals surface area contributed by atoms with Crippen molar-refractivity contribution in [3.63, 3.8) is 0 Å². The summed E-state index contributed by atoms with van der Waals surface area (Å²) in [5, 5.41) is 15.8. The molecule has 0 spiro atoms. The number of hydrogen-bond acceptors (Lipinski definition) is 4. The van der Waals surface area contributed by atoms with E-state index in [4.69, 9.17) is 17.3 Å². The summed E-state index contributed by atoms with van der Waals surface area (Å²) in [7, 11) is 0. The van der Waals surface area contributed by atoms with Crippen molar-refractivity contribution in [3.8, 4) is 6.07 Å². The van der Waals surface area contributed by atoms with Gasteiger partial charge in [0.25, 0.3) is 5.91 Å². The summed E-state index contributed by atoms with van der Waals surface area (Å²) in [6.07, 6.45) is 14.6. The van der Waals surface area contributed by atoms with Crippen LogP contribution in [0.25, 0.3) is 0 Å². The Morgan fingerprint density at radius 3 is 2.18 bits per heavy atom. The smallest absolute Gasteiger partial charge is 0.263 e. The lowest BCUT2D eigenvalue weighted by Gasteiger charge is -2.19. The lowest BCUT2D eigenvalue weighted by molar-refractivity contribution is -0.117. The molecule has 2 rings (SSSR count). The highest BCUT2D eigenvalue weighted by atomic mass is 35.5. The van der Waals surface area contributed by atoms with Crippen LogP contribution in [-0.2, 0) is 4.79 Å². The van der Waals surface area contributed by atoms with E-state index >= 15 is 0 Å². The Kier molecular flexibility index (Phi) is 9.71. The van der Waals surface area contributed by atoms with E-state index in [1.54, 1.807) is 18.2 Å². The highest BCUT2D eigenvalue weighted by Crippen LogP contribution is 2.24. The first-order valence-electron chi connectivity index (χ1n) is 10.3. The average molecular weight is 403 g/mol. The molecule has 0 radical (unpaired) electrons. The average Bonchev–Trinajstić information content (AvgIpc) is 2.66. The Labute approximate surface area is 173 Å². The molecule has 1 aliphatic carbocycles. The van der Waals surface area contributed by atoms with Crippen LogP contribution in [0.4, 0.5) is 11.4 Å². The van der Waals surface area contributed by atoms with E-state index in [-0.39, 0.29) is 17.5 Å². The van der Waals surface area contributed by atoms with E-state index in [1.807, 2.05) is 6.07 Å². The van der Waals surface area contributed by atoms with Gasteiger partial charge in [-0.3, -0.25) is 4.79 Å². The van der Waals surface area contributed by atoms with Gasteiger partial charge in [-0.2, -0.15) is 5.26 Å². The number of nitrogens with zero attached hydrogens (tertiary/aromatic N) is 1. The number of nitrogens with one attached hydrogen (secondary N) is 2. The van der Waals surface area contributed by atoms with Gasteiger partial charge in [0.2, 0.25) is 0 Å². The summed E-state index contributed by atoms with van der Waals surface area (Å²) < 4.78 is 0. The van der Waals surface area contributed by atoms with Crippen LogP contribution in [-0.4, -0.2) is 11.9 Å². The second-order valence-electron chi connectivity index (χ2n) is 7.48. The third-order valence-electron chi connectivity index (χ3n) is 5.17. The maximum absolute atomic E-state index is 12.6. The molecule has 1 aromatic carbocycles. The highest BCUT2D eigenvalue weighted by Gasteiger charge is 2.16. The van der Waals surface area contributed by atoms with Gasteiger partial charge in [0.15, 0.2) is 0 Å². The van der Waals surface area contributed by atoms with E-state index in [0.29, 0.717) is 16.4 Å². The summed E-state index contributed by atoms with van der Waals surface area (Å²) in [6.45, 7) is 0. The SMILES string of the molecule is N#C/C(=C/Nc1ccc(N)cc1Cl)C(=O)NC1CCCCCCCCCCC1. The minimum Gasteiger partial charge on any atom is -0.399 e. The van der Waals surface area contributed by atoms with Crippen LogP contribution in [0.5, 0.6) is 0 Å². The molecule has 4 N–H and O–H groups in total. The molecule has 5 nitrogen and oxygen atoms in total. The van der Waals surface area contributed by atoms with Crippen molar-refractivity contribution in [1.29, 1.82) is 5.26 Å². The molecule has 152 valence electrons. The maximum atomic E-state index is 12.6. The molecular weight excluding hydrogens is 372 g/mol. The maximum Gasteiger partial charge on any atom is 0.263 e. The fourth-order valence-corrected chi connectivity index (χ4v) is 3.76.